The fourth-order valence-electron chi connectivity index (χ4n) is 5.22. The molecule has 5 nitrogen and oxygen atoms in total. The highest BCUT2D eigenvalue weighted by Gasteiger charge is 2.25. The Bertz CT molecular complexity index is 717. The largest absolute Gasteiger partial charge is 0.493 e. The van der Waals surface area contributed by atoms with Crippen LogP contribution in [0.25, 0.3) is 0 Å². The average Bonchev–Trinajstić information content (AvgIpc) is 2.91. The lowest BCUT2D eigenvalue weighted by Crippen LogP contribution is -2.53. The van der Waals surface area contributed by atoms with Crippen LogP contribution >= 0.6 is 0 Å². The Kier molecular flexibility index (Phi) is 18.2. The lowest BCUT2D eigenvalue weighted by molar-refractivity contribution is -0.917. The molecule has 218 valence electrons. The van der Waals surface area contributed by atoms with E-state index in [0.29, 0.717) is 13.2 Å². The smallest absolute Gasteiger partial charge is 0.310 e. The van der Waals surface area contributed by atoms with Crippen LogP contribution in [0.1, 0.15) is 115 Å². The molecular formula is C33H58NO4+. The summed E-state index contributed by atoms with van der Waals surface area (Å²) in [5, 5.41) is 0. The second-order valence-electron chi connectivity index (χ2n) is 11.6. The van der Waals surface area contributed by atoms with Crippen LogP contribution in [0.2, 0.25) is 0 Å². The van der Waals surface area contributed by atoms with E-state index in [1.54, 1.807) is 0 Å². The Morgan fingerprint density at radius 1 is 0.763 bits per heavy atom. The second kappa shape index (κ2) is 21.3. The van der Waals surface area contributed by atoms with Crippen LogP contribution in [0.15, 0.2) is 24.3 Å². The number of likely N-dealkylation sites (N-methyl/N-ethyl adjacent to an activating group) is 1. The van der Waals surface area contributed by atoms with Crippen LogP contribution in [0.3, 0.4) is 0 Å². The van der Waals surface area contributed by atoms with Gasteiger partial charge in [-0.25, -0.2) is 0 Å². The first kappa shape index (κ1) is 32.6. The van der Waals surface area contributed by atoms with Crippen molar-refractivity contribution in [3.05, 3.63) is 29.8 Å². The van der Waals surface area contributed by atoms with E-state index in [1.807, 2.05) is 24.3 Å². The number of para-hydroxylation sites is 1. The van der Waals surface area contributed by atoms with Gasteiger partial charge in [0.15, 0.2) is 0 Å². The zero-order valence-corrected chi connectivity index (χ0v) is 24.9. The molecule has 5 heteroatoms. The molecule has 0 aromatic heterocycles. The van der Waals surface area contributed by atoms with Gasteiger partial charge in [-0.15, -0.1) is 0 Å². The standard InChI is InChI=1S/C33H58NO4/c1-3-4-5-6-7-8-9-10-11-12-13-14-15-16-17-20-26-37-32-22-19-18-21-31(32)30-33(35)38-29-25-34(2)23-27-36-28-24-34/h18-19,21-22H,3-17,20,23-30H2,1-2H3/q+1. The summed E-state index contributed by atoms with van der Waals surface area (Å²) in [7, 11) is 2.21. The topological polar surface area (TPSA) is 44.8 Å². The SMILES string of the molecule is CCCCCCCCCCCCCCCCCCOc1ccccc1CC(=O)OCC[N+]1(C)CCOCC1. The van der Waals surface area contributed by atoms with Gasteiger partial charge in [0.05, 0.1) is 33.3 Å². The van der Waals surface area contributed by atoms with Crippen molar-refractivity contribution in [1.82, 2.24) is 0 Å². The first-order valence-electron chi connectivity index (χ1n) is 15.9. The molecule has 0 amide bonds. The van der Waals surface area contributed by atoms with Gasteiger partial charge in [0.2, 0.25) is 0 Å². The first-order valence-corrected chi connectivity index (χ1v) is 15.9. The Labute approximate surface area is 234 Å². The van der Waals surface area contributed by atoms with Gasteiger partial charge >= 0.3 is 5.97 Å². The summed E-state index contributed by atoms with van der Waals surface area (Å²) < 4.78 is 18.0. The minimum absolute atomic E-state index is 0.177. The van der Waals surface area contributed by atoms with Crippen molar-refractivity contribution < 1.29 is 23.5 Å². The summed E-state index contributed by atoms with van der Waals surface area (Å²) >= 11 is 0. The van der Waals surface area contributed by atoms with Crippen LogP contribution in [0.4, 0.5) is 0 Å². The Balaban J connectivity index is 1.44. The maximum atomic E-state index is 12.4. The number of nitrogens with zero attached hydrogens (tertiary/aromatic N) is 1. The third-order valence-corrected chi connectivity index (χ3v) is 8.01. The lowest BCUT2D eigenvalue weighted by Gasteiger charge is -2.37. The fraction of sp³-hybridized carbons (Fsp3) is 0.788. The van der Waals surface area contributed by atoms with Gasteiger partial charge < -0.3 is 18.7 Å². The maximum Gasteiger partial charge on any atom is 0.310 e. The highest BCUT2D eigenvalue weighted by atomic mass is 16.5. The van der Waals surface area contributed by atoms with E-state index in [1.165, 1.54) is 96.3 Å². The summed E-state index contributed by atoms with van der Waals surface area (Å²) in [6.07, 6.45) is 22.1. The van der Waals surface area contributed by atoms with Crippen molar-refractivity contribution in [2.75, 3.05) is 53.1 Å². The lowest BCUT2D eigenvalue weighted by atomic mass is 10.0. The number of esters is 1. The number of rotatable bonds is 23. The molecule has 0 saturated carbocycles. The van der Waals surface area contributed by atoms with Gasteiger partial charge in [0.25, 0.3) is 0 Å². The number of carbonyl (C=O) groups is 1. The molecule has 1 aliphatic rings. The normalized spacial score (nSPS) is 14.9. The number of unbranched alkanes of at least 4 members (excludes halogenated alkanes) is 15. The average molecular weight is 533 g/mol. The molecule has 0 N–H and O–H groups in total. The van der Waals surface area contributed by atoms with Crippen molar-refractivity contribution in [2.45, 2.75) is 116 Å². The fourth-order valence-corrected chi connectivity index (χ4v) is 5.22. The van der Waals surface area contributed by atoms with Crippen LogP contribution in [-0.4, -0.2) is 63.6 Å². The van der Waals surface area contributed by atoms with Crippen molar-refractivity contribution in [3.63, 3.8) is 0 Å². The summed E-state index contributed by atoms with van der Waals surface area (Å²) in [5.41, 5.74) is 0.917. The monoisotopic (exact) mass is 532 g/mol. The molecule has 1 heterocycles. The van der Waals surface area contributed by atoms with Crippen molar-refractivity contribution in [1.29, 1.82) is 0 Å². The third kappa shape index (κ3) is 15.7. The van der Waals surface area contributed by atoms with E-state index >= 15 is 0 Å². The van der Waals surface area contributed by atoms with Crippen molar-refractivity contribution in [3.8, 4) is 5.75 Å². The predicted molar refractivity (Wildman–Crippen MR) is 158 cm³/mol. The van der Waals surface area contributed by atoms with E-state index in [-0.39, 0.29) is 12.4 Å². The molecule has 0 aliphatic carbocycles. The summed E-state index contributed by atoms with van der Waals surface area (Å²) in [6, 6.07) is 7.88. The molecule has 0 spiro atoms. The molecule has 38 heavy (non-hydrogen) atoms. The van der Waals surface area contributed by atoms with Gasteiger partial charge in [0, 0.05) is 5.56 Å². The summed E-state index contributed by atoms with van der Waals surface area (Å²) in [4.78, 5) is 12.4. The Hall–Kier alpha value is -1.59. The molecule has 1 aromatic carbocycles. The zero-order chi connectivity index (χ0) is 27.2. The molecular weight excluding hydrogens is 474 g/mol. The highest BCUT2D eigenvalue weighted by Crippen LogP contribution is 2.20. The molecule has 0 bridgehead atoms. The molecule has 0 atom stereocenters. The molecule has 1 aromatic rings. The van der Waals surface area contributed by atoms with Crippen molar-refractivity contribution in [2.24, 2.45) is 0 Å². The van der Waals surface area contributed by atoms with E-state index in [0.717, 1.165) is 55.1 Å². The first-order chi connectivity index (χ1) is 18.6. The molecule has 2 rings (SSSR count). The van der Waals surface area contributed by atoms with Crippen LogP contribution < -0.4 is 4.74 Å². The molecule has 1 saturated heterocycles. The number of hydrogen-bond donors (Lipinski definition) is 0. The number of carbonyl (C=O) groups excluding carboxylic acids is 1. The van der Waals surface area contributed by atoms with E-state index in [4.69, 9.17) is 14.2 Å². The number of quaternary nitrogens is 1. The number of morpholine rings is 1. The number of benzene rings is 1. The maximum absolute atomic E-state index is 12.4. The van der Waals surface area contributed by atoms with Crippen LogP contribution in [-0.2, 0) is 20.7 Å². The third-order valence-electron chi connectivity index (χ3n) is 8.01. The van der Waals surface area contributed by atoms with Gasteiger partial charge in [-0.2, -0.15) is 0 Å². The van der Waals surface area contributed by atoms with Crippen LogP contribution in [0, 0.1) is 0 Å². The molecule has 1 fully saturated rings. The quantitative estimate of drug-likeness (QED) is 0.0816. The molecule has 0 unspecified atom stereocenters. The minimum Gasteiger partial charge on any atom is -0.493 e. The summed E-state index contributed by atoms with van der Waals surface area (Å²) in [6.45, 7) is 7.82. The highest BCUT2D eigenvalue weighted by molar-refractivity contribution is 5.73. The van der Waals surface area contributed by atoms with Gasteiger partial charge in [0.1, 0.15) is 32.0 Å². The predicted octanol–water partition coefficient (Wildman–Crippen LogP) is 7.89. The number of hydrogen-bond acceptors (Lipinski definition) is 4. The minimum atomic E-state index is -0.177. The molecule has 0 radical (unpaired) electrons. The van der Waals surface area contributed by atoms with E-state index in [9.17, 15) is 4.79 Å². The van der Waals surface area contributed by atoms with Gasteiger partial charge in [-0.3, -0.25) is 4.79 Å². The Morgan fingerprint density at radius 3 is 1.87 bits per heavy atom. The van der Waals surface area contributed by atoms with Gasteiger partial charge in [-0.05, 0) is 12.5 Å². The molecule has 1 aliphatic heterocycles. The van der Waals surface area contributed by atoms with E-state index < -0.39 is 0 Å². The van der Waals surface area contributed by atoms with Crippen molar-refractivity contribution >= 4 is 5.97 Å². The zero-order valence-electron chi connectivity index (χ0n) is 24.9. The second-order valence-corrected chi connectivity index (χ2v) is 11.6. The number of ether oxygens (including phenoxy) is 3. The van der Waals surface area contributed by atoms with Gasteiger partial charge in [-0.1, -0.05) is 121 Å². The van der Waals surface area contributed by atoms with Crippen LogP contribution in [0.5, 0.6) is 5.75 Å². The summed E-state index contributed by atoms with van der Waals surface area (Å²) in [5.74, 6) is 0.640. The van der Waals surface area contributed by atoms with E-state index in [2.05, 4.69) is 14.0 Å². The Morgan fingerprint density at radius 2 is 1.29 bits per heavy atom.